The molecule has 0 spiro atoms. The smallest absolute Gasteiger partial charge is 0.122 e. The Balaban J connectivity index is 1.64. The molecule has 3 nitrogen and oxygen atoms in total. The van der Waals surface area contributed by atoms with E-state index in [-0.39, 0.29) is 12.0 Å². The van der Waals surface area contributed by atoms with Gasteiger partial charge >= 0.3 is 0 Å². The first-order valence-corrected chi connectivity index (χ1v) is 9.77. The first-order valence-electron chi connectivity index (χ1n) is 9.77. The molecule has 1 fully saturated rings. The molecule has 0 saturated carbocycles. The first kappa shape index (κ1) is 18.9. The maximum Gasteiger partial charge on any atom is 0.122 e. The lowest BCUT2D eigenvalue weighted by atomic mass is 9.88. The van der Waals surface area contributed by atoms with Crippen molar-refractivity contribution in [2.45, 2.75) is 39.3 Å². The number of benzene rings is 2. The number of piperidine rings is 1. The molecule has 2 unspecified atom stereocenters. The van der Waals surface area contributed by atoms with Crippen LogP contribution in [0.25, 0.3) is 0 Å². The van der Waals surface area contributed by atoms with Crippen molar-refractivity contribution < 1.29 is 9.84 Å². The van der Waals surface area contributed by atoms with Crippen LogP contribution >= 0.6 is 0 Å². The maximum absolute atomic E-state index is 10.6. The van der Waals surface area contributed by atoms with Crippen LogP contribution in [0, 0.1) is 11.8 Å². The van der Waals surface area contributed by atoms with Gasteiger partial charge in [-0.25, -0.2) is 0 Å². The summed E-state index contributed by atoms with van der Waals surface area (Å²) in [7, 11) is 0. The lowest BCUT2D eigenvalue weighted by Crippen LogP contribution is -2.43. The highest BCUT2D eigenvalue weighted by Gasteiger charge is 2.28. The summed E-state index contributed by atoms with van der Waals surface area (Å²) in [6.45, 7) is 7.89. The highest BCUT2D eigenvalue weighted by Crippen LogP contribution is 2.27. The molecule has 1 aliphatic rings. The van der Waals surface area contributed by atoms with Crippen molar-refractivity contribution in [3.63, 3.8) is 0 Å². The molecule has 2 atom stereocenters. The van der Waals surface area contributed by atoms with Crippen LogP contribution in [0.1, 0.15) is 31.4 Å². The Morgan fingerprint density at radius 1 is 1.08 bits per heavy atom. The van der Waals surface area contributed by atoms with Crippen molar-refractivity contribution in [1.29, 1.82) is 0 Å². The van der Waals surface area contributed by atoms with Gasteiger partial charge in [-0.05, 0) is 36.0 Å². The Kier molecular flexibility index (Phi) is 6.70. The predicted molar refractivity (Wildman–Crippen MR) is 106 cm³/mol. The van der Waals surface area contributed by atoms with Crippen molar-refractivity contribution in [1.82, 2.24) is 4.90 Å². The van der Waals surface area contributed by atoms with Gasteiger partial charge in [0.1, 0.15) is 5.75 Å². The third-order valence-corrected chi connectivity index (χ3v) is 5.05. The maximum atomic E-state index is 10.6. The summed E-state index contributed by atoms with van der Waals surface area (Å²) in [5, 5.41) is 10.6. The van der Waals surface area contributed by atoms with Crippen molar-refractivity contribution in [2.75, 3.05) is 19.7 Å². The van der Waals surface area contributed by atoms with Gasteiger partial charge in [0.15, 0.2) is 0 Å². The Hall–Kier alpha value is -1.84. The van der Waals surface area contributed by atoms with Gasteiger partial charge < -0.3 is 9.84 Å². The molecule has 0 bridgehead atoms. The van der Waals surface area contributed by atoms with Crippen molar-refractivity contribution in [2.24, 2.45) is 11.8 Å². The summed E-state index contributed by atoms with van der Waals surface area (Å²) in [5.74, 6) is 1.72. The SMILES string of the molecule is CC(C)COc1ccccc1CC1CN(Cc2ccccc2)CCC1O. The van der Waals surface area contributed by atoms with Crippen LogP contribution in [-0.2, 0) is 13.0 Å². The van der Waals surface area contributed by atoms with E-state index in [0.717, 1.165) is 44.8 Å². The Morgan fingerprint density at radius 3 is 2.58 bits per heavy atom. The van der Waals surface area contributed by atoms with E-state index in [1.165, 1.54) is 11.1 Å². The molecule has 0 aliphatic carbocycles. The Labute approximate surface area is 157 Å². The molecule has 2 aromatic carbocycles. The zero-order chi connectivity index (χ0) is 18.4. The minimum absolute atomic E-state index is 0.236. The molecule has 2 aromatic rings. The van der Waals surface area contributed by atoms with Gasteiger partial charge in [-0.2, -0.15) is 0 Å². The molecule has 1 N–H and O–H groups in total. The summed E-state index contributed by atoms with van der Waals surface area (Å²) in [5.41, 5.74) is 2.54. The van der Waals surface area contributed by atoms with Gasteiger partial charge in [0.2, 0.25) is 0 Å². The van der Waals surface area contributed by atoms with E-state index >= 15 is 0 Å². The highest BCUT2D eigenvalue weighted by molar-refractivity contribution is 5.34. The lowest BCUT2D eigenvalue weighted by molar-refractivity contribution is 0.0236. The summed E-state index contributed by atoms with van der Waals surface area (Å²) in [6, 6.07) is 18.9. The predicted octanol–water partition coefficient (Wildman–Crippen LogP) is 4.15. The summed E-state index contributed by atoms with van der Waals surface area (Å²) in [4.78, 5) is 2.46. The number of nitrogens with zero attached hydrogens (tertiary/aromatic N) is 1. The molecule has 26 heavy (non-hydrogen) atoms. The number of hydrogen-bond acceptors (Lipinski definition) is 3. The van der Waals surface area contributed by atoms with Crippen LogP contribution in [0.15, 0.2) is 54.6 Å². The normalized spacial score (nSPS) is 21.1. The standard InChI is InChI=1S/C23H31NO2/c1-18(2)17-26-23-11-7-6-10-20(23)14-21-16-24(13-12-22(21)25)15-19-8-4-3-5-9-19/h3-11,18,21-22,25H,12-17H2,1-2H3. The first-order chi connectivity index (χ1) is 12.6. The van der Waals surface area contributed by atoms with Gasteiger partial charge in [-0.1, -0.05) is 62.4 Å². The van der Waals surface area contributed by atoms with E-state index < -0.39 is 0 Å². The summed E-state index contributed by atoms with van der Waals surface area (Å²) < 4.78 is 6.00. The van der Waals surface area contributed by atoms with E-state index in [4.69, 9.17) is 4.74 Å². The fourth-order valence-electron chi connectivity index (χ4n) is 3.63. The second-order valence-electron chi connectivity index (χ2n) is 7.85. The number of para-hydroxylation sites is 1. The van der Waals surface area contributed by atoms with Crippen LogP contribution < -0.4 is 4.74 Å². The van der Waals surface area contributed by atoms with Crippen molar-refractivity contribution in [3.05, 3.63) is 65.7 Å². The zero-order valence-electron chi connectivity index (χ0n) is 16.0. The molecule has 3 rings (SSSR count). The minimum atomic E-state index is -0.236. The number of likely N-dealkylation sites (tertiary alicyclic amines) is 1. The fraction of sp³-hybridized carbons (Fsp3) is 0.478. The van der Waals surface area contributed by atoms with E-state index in [0.29, 0.717) is 5.92 Å². The molecule has 0 radical (unpaired) electrons. The van der Waals surface area contributed by atoms with Gasteiger partial charge in [0.25, 0.3) is 0 Å². The summed E-state index contributed by atoms with van der Waals surface area (Å²) in [6.07, 6.45) is 1.47. The zero-order valence-corrected chi connectivity index (χ0v) is 16.0. The van der Waals surface area contributed by atoms with Gasteiger partial charge in [0, 0.05) is 25.6 Å². The quantitative estimate of drug-likeness (QED) is 0.812. The minimum Gasteiger partial charge on any atom is -0.493 e. The molecule has 1 aliphatic heterocycles. The third kappa shape index (κ3) is 5.33. The number of rotatable bonds is 7. The van der Waals surface area contributed by atoms with Gasteiger partial charge in [0.05, 0.1) is 12.7 Å². The third-order valence-electron chi connectivity index (χ3n) is 5.05. The van der Waals surface area contributed by atoms with Crippen molar-refractivity contribution in [3.8, 4) is 5.75 Å². The van der Waals surface area contributed by atoms with Gasteiger partial charge in [-0.3, -0.25) is 4.90 Å². The highest BCUT2D eigenvalue weighted by atomic mass is 16.5. The molecular weight excluding hydrogens is 322 g/mol. The molecule has 1 heterocycles. The lowest BCUT2D eigenvalue weighted by Gasteiger charge is -2.36. The average Bonchev–Trinajstić information content (AvgIpc) is 2.64. The van der Waals surface area contributed by atoms with Crippen LogP contribution in [0.4, 0.5) is 0 Å². The second-order valence-corrected chi connectivity index (χ2v) is 7.85. The van der Waals surface area contributed by atoms with E-state index in [1.807, 2.05) is 6.07 Å². The Morgan fingerprint density at radius 2 is 1.81 bits per heavy atom. The van der Waals surface area contributed by atoms with Crippen LogP contribution in [-0.4, -0.2) is 35.8 Å². The van der Waals surface area contributed by atoms with Crippen molar-refractivity contribution >= 4 is 0 Å². The van der Waals surface area contributed by atoms with E-state index in [2.05, 4.69) is 67.3 Å². The number of ether oxygens (including phenoxy) is 1. The number of aliphatic hydroxyl groups is 1. The second kappa shape index (κ2) is 9.20. The van der Waals surface area contributed by atoms with E-state index in [9.17, 15) is 5.11 Å². The molecule has 0 aromatic heterocycles. The number of hydrogen-bond donors (Lipinski definition) is 1. The van der Waals surface area contributed by atoms with Crippen LogP contribution in [0.2, 0.25) is 0 Å². The van der Waals surface area contributed by atoms with Crippen LogP contribution in [0.5, 0.6) is 5.75 Å². The summed E-state index contributed by atoms with van der Waals surface area (Å²) >= 11 is 0. The Bertz CT molecular complexity index is 671. The van der Waals surface area contributed by atoms with Gasteiger partial charge in [-0.15, -0.1) is 0 Å². The largest absolute Gasteiger partial charge is 0.493 e. The van der Waals surface area contributed by atoms with Crippen LogP contribution in [0.3, 0.4) is 0 Å². The number of aliphatic hydroxyl groups excluding tert-OH is 1. The topological polar surface area (TPSA) is 32.7 Å². The molecule has 1 saturated heterocycles. The molecule has 140 valence electrons. The van der Waals surface area contributed by atoms with E-state index in [1.54, 1.807) is 0 Å². The molecular formula is C23H31NO2. The monoisotopic (exact) mass is 353 g/mol. The average molecular weight is 354 g/mol. The fourth-order valence-corrected chi connectivity index (χ4v) is 3.63. The molecule has 0 amide bonds. The molecule has 3 heteroatoms.